The molecule has 0 saturated heterocycles. The molecular formula is C13H15ClN4O. The van der Waals surface area contributed by atoms with E-state index in [1.807, 2.05) is 13.8 Å². The molecule has 19 heavy (non-hydrogen) atoms. The smallest absolute Gasteiger partial charge is 0.278 e. The lowest BCUT2D eigenvalue weighted by molar-refractivity contribution is 0.102. The van der Waals surface area contributed by atoms with Gasteiger partial charge in [-0.05, 0) is 31.5 Å². The van der Waals surface area contributed by atoms with Crippen LogP contribution in [0.5, 0.6) is 0 Å². The van der Waals surface area contributed by atoms with Crippen LogP contribution in [0.25, 0.3) is 0 Å². The Labute approximate surface area is 116 Å². The first-order valence-electron chi connectivity index (χ1n) is 5.92. The number of hydrogen-bond acceptors (Lipinski definition) is 3. The summed E-state index contributed by atoms with van der Waals surface area (Å²) in [6, 6.07) is 5.33. The largest absolute Gasteiger partial charge is 0.396 e. The van der Waals surface area contributed by atoms with Crippen molar-refractivity contribution in [2.75, 3.05) is 11.1 Å². The summed E-state index contributed by atoms with van der Waals surface area (Å²) in [4.78, 5) is 12.1. The van der Waals surface area contributed by atoms with Crippen LogP contribution in [0, 0.1) is 6.92 Å². The maximum atomic E-state index is 12.1. The van der Waals surface area contributed by atoms with Gasteiger partial charge in [0.1, 0.15) is 0 Å². The van der Waals surface area contributed by atoms with E-state index in [2.05, 4.69) is 10.4 Å². The Morgan fingerprint density at radius 3 is 2.89 bits per heavy atom. The van der Waals surface area contributed by atoms with Crippen molar-refractivity contribution in [2.24, 2.45) is 0 Å². The van der Waals surface area contributed by atoms with Gasteiger partial charge in [-0.15, -0.1) is 0 Å². The molecule has 2 rings (SSSR count). The molecule has 0 spiro atoms. The second kappa shape index (κ2) is 5.32. The van der Waals surface area contributed by atoms with Crippen molar-refractivity contribution in [3.63, 3.8) is 0 Å². The third-order valence-corrected chi connectivity index (χ3v) is 3.25. The molecule has 1 aromatic heterocycles. The van der Waals surface area contributed by atoms with E-state index in [9.17, 15) is 4.79 Å². The fraction of sp³-hybridized carbons (Fsp3) is 0.231. The second-order valence-corrected chi connectivity index (χ2v) is 4.56. The Hall–Kier alpha value is -2.01. The minimum atomic E-state index is -0.338. The van der Waals surface area contributed by atoms with Crippen molar-refractivity contribution in [2.45, 2.75) is 20.4 Å². The van der Waals surface area contributed by atoms with Crippen LogP contribution < -0.4 is 11.1 Å². The monoisotopic (exact) mass is 278 g/mol. The van der Waals surface area contributed by atoms with E-state index >= 15 is 0 Å². The van der Waals surface area contributed by atoms with Crippen LogP contribution in [0.15, 0.2) is 24.4 Å². The third kappa shape index (κ3) is 2.71. The molecule has 1 aromatic carbocycles. The highest BCUT2D eigenvalue weighted by molar-refractivity contribution is 6.31. The number of aryl methyl sites for hydroxylation is 1. The van der Waals surface area contributed by atoms with E-state index < -0.39 is 0 Å². The van der Waals surface area contributed by atoms with Crippen LogP contribution in [0.4, 0.5) is 11.4 Å². The molecule has 1 amide bonds. The normalized spacial score (nSPS) is 10.5. The molecule has 5 nitrogen and oxygen atoms in total. The fourth-order valence-corrected chi connectivity index (χ4v) is 1.87. The number of hydrogen-bond donors (Lipinski definition) is 2. The van der Waals surface area contributed by atoms with Crippen molar-refractivity contribution in [1.82, 2.24) is 9.78 Å². The summed E-state index contributed by atoms with van der Waals surface area (Å²) < 4.78 is 1.62. The van der Waals surface area contributed by atoms with Crippen LogP contribution in [0.1, 0.15) is 23.0 Å². The fourth-order valence-electron chi connectivity index (χ4n) is 1.70. The number of rotatable bonds is 3. The van der Waals surface area contributed by atoms with E-state index in [0.717, 1.165) is 5.56 Å². The summed E-state index contributed by atoms with van der Waals surface area (Å²) in [5.74, 6) is -0.338. The molecule has 0 bridgehead atoms. The molecule has 0 fully saturated rings. The number of carbonyl (C=O) groups is 1. The lowest BCUT2D eigenvalue weighted by Gasteiger charge is -2.08. The SMILES string of the molecule is CCn1cc(N)c(C(=O)Nc2cccc(Cl)c2C)n1. The standard InChI is InChI=1S/C13H15ClN4O/c1-3-18-7-10(15)12(17-18)13(19)16-11-6-4-5-9(14)8(11)2/h4-7H,3,15H2,1-2H3,(H,16,19). The van der Waals surface area contributed by atoms with E-state index in [1.165, 1.54) is 0 Å². The molecule has 0 aliphatic heterocycles. The van der Waals surface area contributed by atoms with Crippen molar-refractivity contribution < 1.29 is 4.79 Å². The van der Waals surface area contributed by atoms with Gasteiger partial charge in [0.15, 0.2) is 5.69 Å². The summed E-state index contributed by atoms with van der Waals surface area (Å²) in [5, 5.41) is 7.49. The van der Waals surface area contributed by atoms with E-state index in [1.54, 1.807) is 29.1 Å². The van der Waals surface area contributed by atoms with Crippen LogP contribution in [0.3, 0.4) is 0 Å². The van der Waals surface area contributed by atoms with Crippen LogP contribution >= 0.6 is 11.6 Å². The Balaban J connectivity index is 2.25. The highest BCUT2D eigenvalue weighted by atomic mass is 35.5. The Kier molecular flexibility index (Phi) is 3.76. The number of anilines is 2. The molecule has 0 unspecified atom stereocenters. The van der Waals surface area contributed by atoms with Gasteiger partial charge in [-0.25, -0.2) is 0 Å². The number of nitrogens with one attached hydrogen (secondary N) is 1. The van der Waals surface area contributed by atoms with Gasteiger partial charge in [0.05, 0.1) is 5.69 Å². The summed E-state index contributed by atoms with van der Waals surface area (Å²) in [6.45, 7) is 4.43. The minimum absolute atomic E-state index is 0.223. The number of aromatic nitrogens is 2. The van der Waals surface area contributed by atoms with Gasteiger partial charge in [0, 0.05) is 23.5 Å². The van der Waals surface area contributed by atoms with E-state index in [0.29, 0.717) is 22.9 Å². The van der Waals surface area contributed by atoms with Crippen molar-refractivity contribution in [1.29, 1.82) is 0 Å². The Morgan fingerprint density at radius 1 is 1.53 bits per heavy atom. The first-order valence-corrected chi connectivity index (χ1v) is 6.30. The summed E-state index contributed by atoms with van der Waals surface area (Å²) in [7, 11) is 0. The van der Waals surface area contributed by atoms with Gasteiger partial charge in [-0.3, -0.25) is 9.48 Å². The Bertz CT molecular complexity index is 621. The van der Waals surface area contributed by atoms with Crippen molar-refractivity contribution in [3.8, 4) is 0 Å². The molecule has 0 saturated carbocycles. The number of nitrogen functional groups attached to an aromatic ring is 1. The summed E-state index contributed by atoms with van der Waals surface area (Å²) in [5.41, 5.74) is 7.82. The zero-order valence-electron chi connectivity index (χ0n) is 10.8. The zero-order chi connectivity index (χ0) is 14.0. The second-order valence-electron chi connectivity index (χ2n) is 4.16. The molecule has 100 valence electrons. The molecule has 3 N–H and O–H groups in total. The number of nitrogens with zero attached hydrogens (tertiary/aromatic N) is 2. The third-order valence-electron chi connectivity index (χ3n) is 2.84. The highest BCUT2D eigenvalue weighted by Gasteiger charge is 2.15. The summed E-state index contributed by atoms with van der Waals surface area (Å²) >= 11 is 6.01. The topological polar surface area (TPSA) is 72.9 Å². The molecular weight excluding hydrogens is 264 g/mol. The molecule has 0 radical (unpaired) electrons. The predicted octanol–water partition coefficient (Wildman–Crippen LogP) is 2.70. The minimum Gasteiger partial charge on any atom is -0.396 e. The van der Waals surface area contributed by atoms with Crippen LogP contribution in [-0.2, 0) is 6.54 Å². The van der Waals surface area contributed by atoms with Gasteiger partial charge in [0.2, 0.25) is 0 Å². The summed E-state index contributed by atoms with van der Waals surface area (Å²) in [6.07, 6.45) is 1.64. The predicted molar refractivity (Wildman–Crippen MR) is 76.5 cm³/mol. The number of carbonyl (C=O) groups excluding carboxylic acids is 1. The molecule has 0 aliphatic rings. The number of nitrogens with two attached hydrogens (primary N) is 1. The van der Waals surface area contributed by atoms with Gasteiger partial charge in [-0.1, -0.05) is 17.7 Å². The Morgan fingerprint density at radius 2 is 2.26 bits per heavy atom. The molecule has 6 heteroatoms. The van der Waals surface area contributed by atoms with Gasteiger partial charge >= 0.3 is 0 Å². The first kappa shape index (κ1) is 13.4. The number of amides is 1. The molecule has 0 atom stereocenters. The zero-order valence-corrected chi connectivity index (χ0v) is 11.5. The average molecular weight is 279 g/mol. The van der Waals surface area contributed by atoms with E-state index in [4.69, 9.17) is 17.3 Å². The van der Waals surface area contributed by atoms with Crippen molar-refractivity contribution >= 4 is 28.9 Å². The van der Waals surface area contributed by atoms with Gasteiger partial charge in [-0.2, -0.15) is 5.10 Å². The number of halogens is 1. The van der Waals surface area contributed by atoms with Gasteiger partial charge in [0.25, 0.3) is 5.91 Å². The lowest BCUT2D eigenvalue weighted by atomic mass is 10.2. The molecule has 2 aromatic rings. The maximum Gasteiger partial charge on any atom is 0.278 e. The van der Waals surface area contributed by atoms with E-state index in [-0.39, 0.29) is 11.6 Å². The average Bonchev–Trinajstić information content (AvgIpc) is 2.76. The highest BCUT2D eigenvalue weighted by Crippen LogP contribution is 2.23. The lowest BCUT2D eigenvalue weighted by Crippen LogP contribution is -2.15. The van der Waals surface area contributed by atoms with Crippen molar-refractivity contribution in [3.05, 3.63) is 40.7 Å². The quantitative estimate of drug-likeness (QED) is 0.907. The molecule has 1 heterocycles. The van der Waals surface area contributed by atoms with Crippen LogP contribution in [0.2, 0.25) is 5.02 Å². The van der Waals surface area contributed by atoms with Gasteiger partial charge < -0.3 is 11.1 Å². The molecule has 0 aliphatic carbocycles. The van der Waals surface area contributed by atoms with Crippen LogP contribution in [-0.4, -0.2) is 15.7 Å². The first-order chi connectivity index (χ1) is 9.02. The number of benzene rings is 1. The maximum absolute atomic E-state index is 12.1.